The van der Waals surface area contributed by atoms with Gasteiger partial charge in [-0.05, 0) is 17.7 Å². The number of piperazine rings is 1. The molecule has 0 bridgehead atoms. The molecule has 2 rings (SSSR count). The number of hydrogen-bond acceptors (Lipinski definition) is 4. The van der Waals surface area contributed by atoms with Gasteiger partial charge in [-0.2, -0.15) is 0 Å². The van der Waals surface area contributed by atoms with Crippen LogP contribution in [0, 0.1) is 0 Å². The fraction of sp³-hybridized carbons (Fsp3) is 0.500. The quantitative estimate of drug-likeness (QED) is 0.840. The molecule has 0 atom stereocenters. The first kappa shape index (κ1) is 16.3. The topological polar surface area (TPSA) is 61.9 Å². The molecule has 1 fully saturated rings. The molecule has 1 aliphatic heterocycles. The third-order valence-electron chi connectivity index (χ3n) is 3.76. The Balaban J connectivity index is 1.87. The Morgan fingerprint density at radius 2 is 2.05 bits per heavy atom. The van der Waals surface area contributed by atoms with Gasteiger partial charge >= 0.3 is 0 Å². The van der Waals surface area contributed by atoms with Crippen molar-refractivity contribution in [2.24, 2.45) is 0 Å². The van der Waals surface area contributed by atoms with Gasteiger partial charge in [0.15, 0.2) is 0 Å². The highest BCUT2D eigenvalue weighted by Crippen LogP contribution is 2.13. The molecule has 0 spiro atoms. The van der Waals surface area contributed by atoms with Crippen LogP contribution >= 0.6 is 0 Å². The van der Waals surface area contributed by atoms with Gasteiger partial charge < -0.3 is 19.9 Å². The predicted octanol–water partition coefficient (Wildman–Crippen LogP) is 0.128. The maximum Gasteiger partial charge on any atom is 0.242 e. The zero-order valence-electron chi connectivity index (χ0n) is 13.2. The number of nitrogens with zero attached hydrogens (tertiary/aromatic N) is 2. The second kappa shape index (κ2) is 7.79. The van der Waals surface area contributed by atoms with Crippen LogP contribution in [0.1, 0.15) is 5.56 Å². The Kier molecular flexibility index (Phi) is 5.77. The van der Waals surface area contributed by atoms with Crippen LogP contribution in [0.5, 0.6) is 5.75 Å². The van der Waals surface area contributed by atoms with Crippen LogP contribution in [0.25, 0.3) is 0 Å². The van der Waals surface area contributed by atoms with Gasteiger partial charge in [0.05, 0.1) is 20.1 Å². The lowest BCUT2D eigenvalue weighted by Gasteiger charge is -2.29. The summed E-state index contributed by atoms with van der Waals surface area (Å²) >= 11 is 0. The van der Waals surface area contributed by atoms with E-state index in [0.29, 0.717) is 13.1 Å². The van der Waals surface area contributed by atoms with Crippen LogP contribution in [0.15, 0.2) is 24.3 Å². The van der Waals surface area contributed by atoms with Crippen molar-refractivity contribution in [3.8, 4) is 5.75 Å². The number of amides is 2. The molecule has 6 nitrogen and oxygen atoms in total. The van der Waals surface area contributed by atoms with Crippen LogP contribution in [0.3, 0.4) is 0 Å². The van der Waals surface area contributed by atoms with Crippen molar-refractivity contribution in [3.05, 3.63) is 29.8 Å². The van der Waals surface area contributed by atoms with E-state index in [2.05, 4.69) is 5.32 Å². The van der Waals surface area contributed by atoms with E-state index in [-0.39, 0.29) is 24.8 Å². The first-order valence-electron chi connectivity index (χ1n) is 7.45. The van der Waals surface area contributed by atoms with Crippen molar-refractivity contribution in [3.63, 3.8) is 0 Å². The Hall–Kier alpha value is -2.08. The number of nitrogens with one attached hydrogen (secondary N) is 1. The predicted molar refractivity (Wildman–Crippen MR) is 83.8 cm³/mol. The van der Waals surface area contributed by atoms with Gasteiger partial charge in [-0.15, -0.1) is 0 Å². The van der Waals surface area contributed by atoms with Crippen molar-refractivity contribution in [2.75, 3.05) is 46.9 Å². The Bertz CT molecular complexity index is 527. The Labute approximate surface area is 131 Å². The average molecular weight is 305 g/mol. The summed E-state index contributed by atoms with van der Waals surface area (Å²) in [4.78, 5) is 27.7. The van der Waals surface area contributed by atoms with E-state index in [4.69, 9.17) is 4.74 Å². The molecule has 0 unspecified atom stereocenters. The summed E-state index contributed by atoms with van der Waals surface area (Å²) in [6.07, 6.45) is 0.266. The van der Waals surface area contributed by atoms with Crippen LogP contribution in [-0.2, 0) is 16.0 Å². The molecule has 1 aliphatic rings. The normalized spacial score (nSPS) is 14.5. The van der Waals surface area contributed by atoms with Gasteiger partial charge in [-0.3, -0.25) is 9.59 Å². The summed E-state index contributed by atoms with van der Waals surface area (Å²) < 4.78 is 5.15. The van der Waals surface area contributed by atoms with E-state index < -0.39 is 0 Å². The molecule has 1 aromatic carbocycles. The molecular formula is C16H23N3O3. The lowest BCUT2D eigenvalue weighted by atomic mass is 10.1. The Morgan fingerprint density at radius 1 is 1.32 bits per heavy atom. The molecule has 0 aliphatic carbocycles. The monoisotopic (exact) mass is 305 g/mol. The van der Waals surface area contributed by atoms with Crippen LogP contribution in [0.4, 0.5) is 0 Å². The molecule has 1 saturated heterocycles. The van der Waals surface area contributed by atoms with Crippen LogP contribution < -0.4 is 10.1 Å². The molecule has 0 aromatic heterocycles. The summed E-state index contributed by atoms with van der Waals surface area (Å²) in [5, 5.41) is 3.20. The van der Waals surface area contributed by atoms with Crippen LogP contribution in [0.2, 0.25) is 0 Å². The second-order valence-corrected chi connectivity index (χ2v) is 5.41. The highest BCUT2D eigenvalue weighted by molar-refractivity contribution is 5.85. The fourth-order valence-electron chi connectivity index (χ4n) is 2.40. The first-order valence-corrected chi connectivity index (χ1v) is 7.45. The minimum absolute atomic E-state index is 0.00277. The molecule has 0 radical (unpaired) electrons. The third-order valence-corrected chi connectivity index (χ3v) is 3.76. The molecule has 120 valence electrons. The summed E-state index contributed by atoms with van der Waals surface area (Å²) in [7, 11) is 3.27. The highest BCUT2D eigenvalue weighted by atomic mass is 16.5. The molecular weight excluding hydrogens is 282 g/mol. The van der Waals surface area contributed by atoms with E-state index in [1.807, 2.05) is 24.3 Å². The van der Waals surface area contributed by atoms with Crippen LogP contribution in [-0.4, -0.2) is 68.5 Å². The van der Waals surface area contributed by atoms with Gasteiger partial charge in [-0.25, -0.2) is 0 Å². The SMILES string of the molecule is COc1cccc(CC(=O)N(C)CC(=O)N2CCNCC2)c1. The van der Waals surface area contributed by atoms with Gasteiger partial charge in [-0.1, -0.05) is 12.1 Å². The van der Waals surface area contributed by atoms with Gasteiger partial charge in [0.1, 0.15) is 5.75 Å². The van der Waals surface area contributed by atoms with Crippen molar-refractivity contribution in [2.45, 2.75) is 6.42 Å². The summed E-state index contributed by atoms with van der Waals surface area (Å²) in [6, 6.07) is 7.41. The number of hydrogen-bond donors (Lipinski definition) is 1. The van der Waals surface area contributed by atoms with E-state index in [9.17, 15) is 9.59 Å². The van der Waals surface area contributed by atoms with Crippen molar-refractivity contribution >= 4 is 11.8 Å². The lowest BCUT2D eigenvalue weighted by molar-refractivity contribution is -0.139. The van der Waals surface area contributed by atoms with Gasteiger partial charge in [0, 0.05) is 33.2 Å². The van der Waals surface area contributed by atoms with Crippen molar-refractivity contribution in [1.82, 2.24) is 15.1 Å². The molecule has 22 heavy (non-hydrogen) atoms. The third kappa shape index (κ3) is 4.46. The zero-order chi connectivity index (χ0) is 15.9. The average Bonchev–Trinajstić information content (AvgIpc) is 2.55. The highest BCUT2D eigenvalue weighted by Gasteiger charge is 2.20. The molecule has 2 amide bonds. The van der Waals surface area contributed by atoms with E-state index in [1.165, 1.54) is 4.90 Å². The number of carbonyl (C=O) groups excluding carboxylic acids is 2. The zero-order valence-corrected chi connectivity index (χ0v) is 13.2. The molecule has 1 N–H and O–H groups in total. The number of likely N-dealkylation sites (N-methyl/N-ethyl adjacent to an activating group) is 1. The van der Waals surface area contributed by atoms with E-state index in [0.717, 1.165) is 24.4 Å². The molecule has 1 aromatic rings. The van der Waals surface area contributed by atoms with Gasteiger partial charge in [0.2, 0.25) is 11.8 Å². The number of ether oxygens (including phenoxy) is 1. The van der Waals surface area contributed by atoms with E-state index in [1.54, 1.807) is 19.1 Å². The van der Waals surface area contributed by atoms with Crippen molar-refractivity contribution < 1.29 is 14.3 Å². The maximum atomic E-state index is 12.2. The lowest BCUT2D eigenvalue weighted by Crippen LogP contribution is -2.49. The molecule has 6 heteroatoms. The number of benzene rings is 1. The Morgan fingerprint density at radius 3 is 2.73 bits per heavy atom. The fourth-order valence-corrected chi connectivity index (χ4v) is 2.40. The smallest absolute Gasteiger partial charge is 0.242 e. The number of methoxy groups -OCH3 is 1. The van der Waals surface area contributed by atoms with E-state index >= 15 is 0 Å². The standard InChI is InChI=1S/C16H23N3O3/c1-18(12-16(21)19-8-6-17-7-9-19)15(20)11-13-4-3-5-14(10-13)22-2/h3-5,10,17H,6-9,11-12H2,1-2H3. The first-order chi connectivity index (χ1) is 10.6. The van der Waals surface area contributed by atoms with Gasteiger partial charge in [0.25, 0.3) is 0 Å². The number of rotatable bonds is 5. The molecule has 1 heterocycles. The minimum Gasteiger partial charge on any atom is -0.497 e. The van der Waals surface area contributed by atoms with Crippen molar-refractivity contribution in [1.29, 1.82) is 0 Å². The largest absolute Gasteiger partial charge is 0.497 e. The molecule has 0 saturated carbocycles. The summed E-state index contributed by atoms with van der Waals surface area (Å²) in [5.41, 5.74) is 0.880. The minimum atomic E-state index is -0.0725. The summed E-state index contributed by atoms with van der Waals surface area (Å²) in [6.45, 7) is 3.16. The number of carbonyl (C=O) groups is 2. The maximum absolute atomic E-state index is 12.2. The second-order valence-electron chi connectivity index (χ2n) is 5.41. The summed E-state index contributed by atoms with van der Waals surface area (Å²) in [5.74, 6) is 0.657.